The van der Waals surface area contributed by atoms with E-state index in [0.717, 1.165) is 18.8 Å². The van der Waals surface area contributed by atoms with Crippen molar-refractivity contribution in [2.75, 3.05) is 7.11 Å². The molecular weight excluding hydrogens is 200 g/mol. The fourth-order valence-electron chi connectivity index (χ4n) is 1.64. The smallest absolute Gasteiger partial charge is 0.333 e. The SMILES string of the molecule is C=C(CCCCCCC(C)CC)C(=O)OC. The first-order chi connectivity index (χ1) is 7.61. The van der Waals surface area contributed by atoms with E-state index in [1.54, 1.807) is 0 Å². The zero-order valence-corrected chi connectivity index (χ0v) is 11.1. The molecule has 0 bridgehead atoms. The Morgan fingerprint density at radius 2 is 1.88 bits per heavy atom. The van der Waals surface area contributed by atoms with Crippen LogP contribution in [-0.4, -0.2) is 13.1 Å². The molecule has 0 N–H and O–H groups in total. The van der Waals surface area contributed by atoms with E-state index in [9.17, 15) is 4.79 Å². The van der Waals surface area contributed by atoms with Crippen LogP contribution >= 0.6 is 0 Å². The van der Waals surface area contributed by atoms with Crippen LogP contribution in [0.1, 0.15) is 58.8 Å². The molecule has 0 fully saturated rings. The Kier molecular flexibility index (Phi) is 8.97. The van der Waals surface area contributed by atoms with Crippen LogP contribution in [0, 0.1) is 5.92 Å². The molecule has 1 atom stereocenters. The summed E-state index contributed by atoms with van der Waals surface area (Å²) in [4.78, 5) is 11.0. The van der Waals surface area contributed by atoms with Crippen LogP contribution in [0.25, 0.3) is 0 Å². The van der Waals surface area contributed by atoms with Crippen molar-refractivity contribution in [3.8, 4) is 0 Å². The first-order valence-corrected chi connectivity index (χ1v) is 6.37. The zero-order chi connectivity index (χ0) is 12.4. The van der Waals surface area contributed by atoms with Crippen molar-refractivity contribution < 1.29 is 9.53 Å². The maximum atomic E-state index is 11.0. The van der Waals surface area contributed by atoms with Gasteiger partial charge in [-0.3, -0.25) is 0 Å². The Hall–Kier alpha value is -0.790. The minimum Gasteiger partial charge on any atom is -0.466 e. The number of carbonyl (C=O) groups excluding carboxylic acids is 1. The highest BCUT2D eigenvalue weighted by atomic mass is 16.5. The van der Waals surface area contributed by atoms with E-state index in [-0.39, 0.29) is 5.97 Å². The van der Waals surface area contributed by atoms with Gasteiger partial charge in [0.1, 0.15) is 0 Å². The van der Waals surface area contributed by atoms with Crippen LogP contribution < -0.4 is 0 Å². The van der Waals surface area contributed by atoms with Crippen LogP contribution in [0.2, 0.25) is 0 Å². The van der Waals surface area contributed by atoms with E-state index < -0.39 is 0 Å². The van der Waals surface area contributed by atoms with E-state index in [1.807, 2.05) is 0 Å². The topological polar surface area (TPSA) is 26.3 Å². The third-order valence-corrected chi connectivity index (χ3v) is 3.10. The number of ether oxygens (including phenoxy) is 1. The molecule has 0 heterocycles. The summed E-state index contributed by atoms with van der Waals surface area (Å²) < 4.78 is 4.60. The molecule has 2 nitrogen and oxygen atoms in total. The molecular formula is C14H26O2. The number of carbonyl (C=O) groups is 1. The molecule has 0 aromatic rings. The maximum Gasteiger partial charge on any atom is 0.333 e. The monoisotopic (exact) mass is 226 g/mol. The molecule has 0 spiro atoms. The molecule has 0 aromatic heterocycles. The van der Waals surface area contributed by atoms with Gasteiger partial charge in [0.05, 0.1) is 7.11 Å². The minimum atomic E-state index is -0.264. The quantitative estimate of drug-likeness (QED) is 0.336. The van der Waals surface area contributed by atoms with Gasteiger partial charge in [-0.05, 0) is 18.8 Å². The van der Waals surface area contributed by atoms with Crippen LogP contribution in [0.5, 0.6) is 0 Å². The number of esters is 1. The Morgan fingerprint density at radius 3 is 2.44 bits per heavy atom. The largest absolute Gasteiger partial charge is 0.466 e. The number of methoxy groups -OCH3 is 1. The van der Waals surface area contributed by atoms with Gasteiger partial charge in [0, 0.05) is 5.57 Å². The highest BCUT2D eigenvalue weighted by molar-refractivity contribution is 5.87. The molecule has 0 amide bonds. The summed E-state index contributed by atoms with van der Waals surface area (Å²) in [5.74, 6) is 0.588. The lowest BCUT2D eigenvalue weighted by atomic mass is 9.99. The van der Waals surface area contributed by atoms with E-state index in [1.165, 1.54) is 39.2 Å². The first-order valence-electron chi connectivity index (χ1n) is 6.37. The van der Waals surface area contributed by atoms with E-state index >= 15 is 0 Å². The minimum absolute atomic E-state index is 0.264. The first kappa shape index (κ1) is 15.2. The molecule has 2 heteroatoms. The van der Waals surface area contributed by atoms with Gasteiger partial charge in [-0.2, -0.15) is 0 Å². The molecule has 94 valence electrons. The molecule has 0 aliphatic rings. The van der Waals surface area contributed by atoms with Gasteiger partial charge in [-0.1, -0.05) is 52.5 Å². The maximum absolute atomic E-state index is 11.0. The Balaban J connectivity index is 3.34. The Morgan fingerprint density at radius 1 is 1.25 bits per heavy atom. The van der Waals surface area contributed by atoms with Gasteiger partial charge in [-0.25, -0.2) is 4.79 Å². The summed E-state index contributed by atoms with van der Waals surface area (Å²) in [5.41, 5.74) is 0.601. The summed E-state index contributed by atoms with van der Waals surface area (Å²) in [5, 5.41) is 0. The van der Waals surface area contributed by atoms with Crippen molar-refractivity contribution in [2.45, 2.75) is 58.8 Å². The lowest BCUT2D eigenvalue weighted by Gasteiger charge is -2.07. The van der Waals surface area contributed by atoms with Gasteiger partial charge < -0.3 is 4.74 Å². The Bertz CT molecular complexity index is 209. The zero-order valence-electron chi connectivity index (χ0n) is 11.1. The molecule has 0 saturated heterocycles. The summed E-state index contributed by atoms with van der Waals surface area (Å²) in [6.07, 6.45) is 8.18. The van der Waals surface area contributed by atoms with Gasteiger partial charge in [-0.15, -0.1) is 0 Å². The number of hydrogen-bond donors (Lipinski definition) is 0. The molecule has 0 aromatic carbocycles. The average Bonchev–Trinajstić information content (AvgIpc) is 2.31. The number of unbranched alkanes of at least 4 members (excludes halogenated alkanes) is 3. The second kappa shape index (κ2) is 9.44. The fraction of sp³-hybridized carbons (Fsp3) is 0.786. The molecule has 0 aliphatic heterocycles. The summed E-state index contributed by atoms with van der Waals surface area (Å²) in [6, 6.07) is 0. The fourth-order valence-corrected chi connectivity index (χ4v) is 1.64. The highest BCUT2D eigenvalue weighted by Crippen LogP contribution is 2.15. The predicted molar refractivity (Wildman–Crippen MR) is 68.3 cm³/mol. The normalized spacial score (nSPS) is 12.2. The van der Waals surface area contributed by atoms with Crippen molar-refractivity contribution in [1.29, 1.82) is 0 Å². The van der Waals surface area contributed by atoms with Crippen LogP contribution in [0.4, 0.5) is 0 Å². The predicted octanol–water partition coefficient (Wildman–Crippen LogP) is 4.10. The molecule has 0 radical (unpaired) electrons. The van der Waals surface area contributed by atoms with Crippen LogP contribution in [-0.2, 0) is 9.53 Å². The van der Waals surface area contributed by atoms with Gasteiger partial charge in [0.2, 0.25) is 0 Å². The van der Waals surface area contributed by atoms with E-state index in [4.69, 9.17) is 0 Å². The van der Waals surface area contributed by atoms with Crippen LogP contribution in [0.15, 0.2) is 12.2 Å². The highest BCUT2D eigenvalue weighted by Gasteiger charge is 2.05. The van der Waals surface area contributed by atoms with Gasteiger partial charge in [0.25, 0.3) is 0 Å². The molecule has 16 heavy (non-hydrogen) atoms. The van der Waals surface area contributed by atoms with Crippen molar-refractivity contribution in [3.05, 3.63) is 12.2 Å². The lowest BCUT2D eigenvalue weighted by molar-refractivity contribution is -0.136. The van der Waals surface area contributed by atoms with Crippen molar-refractivity contribution in [2.24, 2.45) is 5.92 Å². The summed E-state index contributed by atoms with van der Waals surface area (Å²) >= 11 is 0. The molecule has 1 unspecified atom stereocenters. The van der Waals surface area contributed by atoms with Crippen molar-refractivity contribution >= 4 is 5.97 Å². The van der Waals surface area contributed by atoms with Gasteiger partial charge in [0.15, 0.2) is 0 Å². The second-order valence-electron chi connectivity index (χ2n) is 4.56. The lowest BCUT2D eigenvalue weighted by Crippen LogP contribution is -2.03. The third-order valence-electron chi connectivity index (χ3n) is 3.10. The van der Waals surface area contributed by atoms with E-state index in [0.29, 0.717) is 5.57 Å². The summed E-state index contributed by atoms with van der Waals surface area (Å²) in [6.45, 7) is 8.26. The third kappa shape index (κ3) is 7.49. The molecule has 0 rings (SSSR count). The van der Waals surface area contributed by atoms with Crippen molar-refractivity contribution in [1.82, 2.24) is 0 Å². The van der Waals surface area contributed by atoms with E-state index in [2.05, 4.69) is 25.2 Å². The summed E-state index contributed by atoms with van der Waals surface area (Å²) in [7, 11) is 1.40. The number of rotatable bonds is 9. The molecule has 0 saturated carbocycles. The standard InChI is InChI=1S/C14H26O2/c1-5-12(2)10-8-6-7-9-11-13(3)14(15)16-4/h12H,3,5-11H2,1-2,4H3. The average molecular weight is 226 g/mol. The van der Waals surface area contributed by atoms with Gasteiger partial charge >= 0.3 is 5.97 Å². The van der Waals surface area contributed by atoms with Crippen molar-refractivity contribution in [3.63, 3.8) is 0 Å². The molecule has 0 aliphatic carbocycles. The second-order valence-corrected chi connectivity index (χ2v) is 4.56. The number of hydrogen-bond acceptors (Lipinski definition) is 2. The Labute approximate surface area is 100 Å². The van der Waals surface area contributed by atoms with Crippen LogP contribution in [0.3, 0.4) is 0 Å².